The van der Waals surface area contributed by atoms with E-state index in [1.807, 2.05) is 24.3 Å². The van der Waals surface area contributed by atoms with Crippen LogP contribution in [0.1, 0.15) is 28.4 Å². The maximum absolute atomic E-state index is 13.3. The van der Waals surface area contributed by atoms with Crippen molar-refractivity contribution < 1.29 is 36.0 Å². The molecule has 12 nitrogen and oxygen atoms in total. The Kier molecular flexibility index (Phi) is 16.5. The van der Waals surface area contributed by atoms with Gasteiger partial charge in [-0.2, -0.15) is 8.42 Å². The highest BCUT2D eigenvalue weighted by molar-refractivity contribution is 14.1. The minimum absolute atomic E-state index is 0.193. The van der Waals surface area contributed by atoms with E-state index in [0.29, 0.717) is 67.2 Å². The molecule has 0 bridgehead atoms. The minimum Gasteiger partial charge on any atom is -0.487 e. The Labute approximate surface area is 396 Å². The van der Waals surface area contributed by atoms with Crippen LogP contribution in [0.5, 0.6) is 11.5 Å². The van der Waals surface area contributed by atoms with Gasteiger partial charge in [0.05, 0.1) is 27.3 Å². The summed E-state index contributed by atoms with van der Waals surface area (Å²) in [6.45, 7) is 2.04. The van der Waals surface area contributed by atoms with Crippen molar-refractivity contribution in [2.75, 3.05) is 16.9 Å². The topological polar surface area (TPSA) is 166 Å². The van der Waals surface area contributed by atoms with Crippen molar-refractivity contribution in [2.24, 2.45) is 0 Å². The molecule has 2 aromatic heterocycles. The average molecular weight is 1050 g/mol. The van der Waals surface area contributed by atoms with Crippen LogP contribution in [0.25, 0.3) is 21.8 Å². The molecular formula is C47H35Cl2F2IN6O6S. The van der Waals surface area contributed by atoms with E-state index in [9.17, 15) is 22.0 Å². The van der Waals surface area contributed by atoms with E-state index in [-0.39, 0.29) is 30.6 Å². The van der Waals surface area contributed by atoms with E-state index >= 15 is 0 Å². The number of carbonyl (C=O) groups is 1. The third kappa shape index (κ3) is 14.5. The summed E-state index contributed by atoms with van der Waals surface area (Å²) in [6.07, 6.45) is 3.68. The van der Waals surface area contributed by atoms with Crippen LogP contribution in [0.3, 0.4) is 0 Å². The quantitative estimate of drug-likeness (QED) is 0.0370. The van der Waals surface area contributed by atoms with Gasteiger partial charge in [-0.25, -0.2) is 28.7 Å². The first-order valence-corrected chi connectivity index (χ1v) is 22.7. The highest BCUT2D eigenvalue weighted by atomic mass is 127. The minimum atomic E-state index is -3.67. The molecule has 0 amide bonds. The zero-order valence-corrected chi connectivity index (χ0v) is 38.7. The molecule has 6 aromatic carbocycles. The number of carbonyl (C=O) groups excluding carboxylic acids is 1. The largest absolute Gasteiger partial charge is 0.487 e. The van der Waals surface area contributed by atoms with Crippen molar-refractivity contribution >= 4 is 107 Å². The second kappa shape index (κ2) is 22.4. The van der Waals surface area contributed by atoms with Crippen molar-refractivity contribution in [3.63, 3.8) is 0 Å². The molecule has 0 fully saturated rings. The number of fused-ring (bicyclic) bond motifs is 2. The van der Waals surface area contributed by atoms with Crippen molar-refractivity contribution in [1.82, 2.24) is 19.9 Å². The molecular weight excluding hydrogens is 1010 g/mol. The SMILES string of the molecule is CC#CC(=O)c1ccc2ncnc(Nc3ccc(OCc4cccc(F)c4)c(Cl)c3)c2c1.CS(=O)(=O)O.Fc1cccc(COc2ccc(Nc3ncnc4ccc(I)cc34)cc2Cl)c1. The fraction of sp³-hybridized carbons (Fsp3) is 0.0851. The van der Waals surface area contributed by atoms with Gasteiger partial charge in [-0.05, 0) is 144 Å². The first kappa shape index (κ1) is 48.0. The number of nitrogens with zero attached hydrogens (tertiary/aromatic N) is 4. The molecule has 0 spiro atoms. The zero-order chi connectivity index (χ0) is 46.5. The third-order valence-corrected chi connectivity index (χ3v) is 9.95. The second-order valence-corrected chi connectivity index (χ2v) is 17.2. The third-order valence-electron chi connectivity index (χ3n) is 8.69. The number of ketones is 1. The van der Waals surface area contributed by atoms with Crippen molar-refractivity contribution in [3.8, 4) is 23.3 Å². The van der Waals surface area contributed by atoms with Crippen molar-refractivity contribution in [2.45, 2.75) is 20.1 Å². The van der Waals surface area contributed by atoms with Crippen LogP contribution >= 0.6 is 45.8 Å². The molecule has 3 N–H and O–H groups in total. The van der Waals surface area contributed by atoms with E-state index in [4.69, 9.17) is 37.2 Å². The molecule has 330 valence electrons. The zero-order valence-electron chi connectivity index (χ0n) is 34.2. The summed E-state index contributed by atoms with van der Waals surface area (Å²) in [5, 5.41) is 8.93. The molecule has 0 saturated heterocycles. The van der Waals surface area contributed by atoms with Crippen molar-refractivity contribution in [1.29, 1.82) is 0 Å². The molecule has 8 aromatic rings. The van der Waals surface area contributed by atoms with Crippen LogP contribution in [0.2, 0.25) is 10.0 Å². The molecule has 0 aliphatic carbocycles. The Morgan fingerprint density at radius 3 is 1.63 bits per heavy atom. The summed E-state index contributed by atoms with van der Waals surface area (Å²) >= 11 is 15.0. The Bertz CT molecular complexity index is 3190. The molecule has 0 unspecified atom stereocenters. The standard InChI is InChI=1S/C25H17ClFN3O2.C21H14ClFIN3O.CH4O3S/c1-2-4-23(31)17-7-9-22-20(12-17)25(29-15-28-22)30-19-8-10-24(21(26)13-19)32-14-16-5-3-6-18(27)11-16;22-18-10-16(5-7-20(18)28-11-13-2-1-3-14(23)8-13)27-21-17-9-15(24)4-6-19(17)25-12-26-21;1-5(2,3)4/h3,5-13,15H,14H2,1H3,(H,28,29,30);1-10,12H,11H2,(H,25,26,27);1H3,(H,2,3,4). The number of benzene rings is 6. The van der Waals surface area contributed by atoms with Gasteiger partial charge in [-0.15, -0.1) is 0 Å². The van der Waals surface area contributed by atoms with Crippen LogP contribution in [0.15, 0.2) is 134 Å². The predicted octanol–water partition coefficient (Wildman–Crippen LogP) is 11.8. The summed E-state index contributed by atoms with van der Waals surface area (Å²) in [4.78, 5) is 29.3. The highest BCUT2D eigenvalue weighted by Crippen LogP contribution is 2.33. The number of aromatic nitrogens is 4. The van der Waals surface area contributed by atoms with E-state index < -0.39 is 10.1 Å². The Hall–Kier alpha value is -6.49. The summed E-state index contributed by atoms with van der Waals surface area (Å²) in [5.74, 6) is 6.49. The molecule has 0 aliphatic heterocycles. The normalized spacial score (nSPS) is 10.6. The lowest BCUT2D eigenvalue weighted by atomic mass is 10.1. The molecule has 18 heteroatoms. The number of nitrogens with one attached hydrogen (secondary N) is 2. The summed E-state index contributed by atoms with van der Waals surface area (Å²) < 4.78 is 65.0. The molecule has 0 aliphatic rings. The molecule has 65 heavy (non-hydrogen) atoms. The molecule has 0 atom stereocenters. The van der Waals surface area contributed by atoms with Gasteiger partial charge in [0.1, 0.15) is 60.6 Å². The van der Waals surface area contributed by atoms with Crippen LogP contribution in [-0.4, -0.2) is 44.9 Å². The number of rotatable bonds is 11. The fourth-order valence-corrected chi connectivity index (χ4v) is 6.81. The molecule has 8 rings (SSSR count). The first-order valence-electron chi connectivity index (χ1n) is 19.0. The van der Waals surface area contributed by atoms with Gasteiger partial charge >= 0.3 is 0 Å². The van der Waals surface area contributed by atoms with E-state index in [1.165, 1.54) is 36.9 Å². The average Bonchev–Trinajstić information content (AvgIpc) is 3.26. The van der Waals surface area contributed by atoms with Crippen LogP contribution in [-0.2, 0) is 23.3 Å². The maximum Gasteiger partial charge on any atom is 0.261 e. The fourth-order valence-electron chi connectivity index (χ4n) is 5.85. The number of hydrogen-bond acceptors (Lipinski definition) is 11. The van der Waals surface area contributed by atoms with E-state index in [1.54, 1.807) is 79.7 Å². The van der Waals surface area contributed by atoms with Gasteiger partial charge in [-0.3, -0.25) is 9.35 Å². The van der Waals surface area contributed by atoms with Crippen LogP contribution in [0.4, 0.5) is 31.8 Å². The van der Waals surface area contributed by atoms with E-state index in [2.05, 4.69) is 65.0 Å². The number of halogens is 5. The number of Topliss-reactive ketones (excluding diaryl/α,β-unsaturated/α-hetero) is 1. The predicted molar refractivity (Wildman–Crippen MR) is 258 cm³/mol. The first-order chi connectivity index (χ1) is 31.1. The lowest BCUT2D eigenvalue weighted by Crippen LogP contribution is -2.00. The number of ether oxygens (including phenoxy) is 2. The monoisotopic (exact) mass is 1050 g/mol. The number of anilines is 4. The molecule has 0 radical (unpaired) electrons. The lowest BCUT2D eigenvalue weighted by molar-refractivity contribution is 0.105. The summed E-state index contributed by atoms with van der Waals surface area (Å²) in [6, 6.07) is 34.2. The smallest absolute Gasteiger partial charge is 0.261 e. The van der Waals surface area contributed by atoms with Gasteiger partial charge in [-0.1, -0.05) is 53.4 Å². The highest BCUT2D eigenvalue weighted by Gasteiger charge is 2.12. The van der Waals surface area contributed by atoms with Crippen LogP contribution in [0, 0.1) is 27.0 Å². The maximum atomic E-state index is 13.3. The van der Waals surface area contributed by atoms with Gasteiger partial charge in [0.15, 0.2) is 0 Å². The summed E-state index contributed by atoms with van der Waals surface area (Å²) in [5.41, 5.74) is 4.90. The Morgan fingerprint density at radius 1 is 0.692 bits per heavy atom. The van der Waals surface area contributed by atoms with Crippen molar-refractivity contribution in [3.05, 3.63) is 176 Å². The Morgan fingerprint density at radius 2 is 1.17 bits per heavy atom. The number of hydrogen-bond donors (Lipinski definition) is 3. The molecule has 2 heterocycles. The Balaban J connectivity index is 0.000000197. The van der Waals surface area contributed by atoms with Gasteiger partial charge in [0.25, 0.3) is 10.1 Å². The van der Waals surface area contributed by atoms with Gasteiger partial charge in [0, 0.05) is 31.3 Å². The molecule has 0 saturated carbocycles. The van der Waals surface area contributed by atoms with Gasteiger partial charge in [0.2, 0.25) is 5.78 Å². The van der Waals surface area contributed by atoms with E-state index in [0.717, 1.165) is 25.7 Å². The summed E-state index contributed by atoms with van der Waals surface area (Å²) in [7, 11) is -3.67. The van der Waals surface area contributed by atoms with Gasteiger partial charge < -0.3 is 20.1 Å². The van der Waals surface area contributed by atoms with Crippen LogP contribution < -0.4 is 20.1 Å². The second-order valence-electron chi connectivity index (χ2n) is 13.7. The lowest BCUT2D eigenvalue weighted by Gasteiger charge is -2.12.